The number of nitrogens with two attached hydrogens (primary N) is 1. The number of hydrogen-bond donors (Lipinski definition) is 1. The van der Waals surface area contributed by atoms with E-state index >= 15 is 0 Å². The minimum absolute atomic E-state index is 0.109. The molecule has 1 atom stereocenters. The van der Waals surface area contributed by atoms with E-state index in [-0.39, 0.29) is 11.1 Å². The Labute approximate surface area is 126 Å². The SMILES string of the molecule is NC(Cc1cccc(Cl)c1F)c1cccc2nccnc12. The second-order valence-corrected chi connectivity index (χ2v) is 5.20. The van der Waals surface area contributed by atoms with Gasteiger partial charge in [0.1, 0.15) is 5.82 Å². The molecule has 0 aliphatic carbocycles. The summed E-state index contributed by atoms with van der Waals surface area (Å²) in [5.41, 5.74) is 9.10. The molecule has 0 saturated heterocycles. The molecule has 0 bridgehead atoms. The average molecular weight is 302 g/mol. The molecule has 0 radical (unpaired) electrons. The third kappa shape index (κ3) is 2.73. The zero-order valence-corrected chi connectivity index (χ0v) is 11.9. The lowest BCUT2D eigenvalue weighted by Crippen LogP contribution is -2.15. The summed E-state index contributed by atoms with van der Waals surface area (Å²) < 4.78 is 14.0. The van der Waals surface area contributed by atoms with Gasteiger partial charge in [0, 0.05) is 18.4 Å². The maximum Gasteiger partial charge on any atom is 0.145 e. The van der Waals surface area contributed by atoms with Crippen molar-refractivity contribution in [2.45, 2.75) is 12.5 Å². The number of fused-ring (bicyclic) bond motifs is 1. The molecule has 0 aliphatic rings. The van der Waals surface area contributed by atoms with Gasteiger partial charge in [0.05, 0.1) is 16.1 Å². The summed E-state index contributed by atoms with van der Waals surface area (Å²) in [6.45, 7) is 0. The Balaban J connectivity index is 1.97. The molecule has 1 heterocycles. The van der Waals surface area contributed by atoms with Crippen molar-refractivity contribution in [3.63, 3.8) is 0 Å². The van der Waals surface area contributed by atoms with Crippen molar-refractivity contribution in [1.82, 2.24) is 9.97 Å². The van der Waals surface area contributed by atoms with Crippen LogP contribution < -0.4 is 5.73 Å². The van der Waals surface area contributed by atoms with Crippen molar-refractivity contribution in [2.75, 3.05) is 0 Å². The van der Waals surface area contributed by atoms with E-state index in [0.717, 1.165) is 16.6 Å². The van der Waals surface area contributed by atoms with Gasteiger partial charge in [-0.2, -0.15) is 0 Å². The van der Waals surface area contributed by atoms with E-state index in [9.17, 15) is 4.39 Å². The lowest BCUT2D eigenvalue weighted by molar-refractivity contribution is 0.594. The lowest BCUT2D eigenvalue weighted by Gasteiger charge is -2.14. The summed E-state index contributed by atoms with van der Waals surface area (Å²) in [5, 5.41) is 0.109. The molecule has 0 fully saturated rings. The molecule has 0 spiro atoms. The molecule has 0 saturated carbocycles. The Morgan fingerprint density at radius 2 is 1.86 bits per heavy atom. The fourth-order valence-electron chi connectivity index (χ4n) is 2.37. The molecule has 3 nitrogen and oxygen atoms in total. The predicted octanol–water partition coefficient (Wildman–Crippen LogP) is 3.66. The van der Waals surface area contributed by atoms with Crippen LogP contribution in [0.15, 0.2) is 48.8 Å². The Morgan fingerprint density at radius 1 is 1.10 bits per heavy atom. The number of para-hydroxylation sites is 1. The summed E-state index contributed by atoms with van der Waals surface area (Å²) in [6, 6.07) is 10.2. The second-order valence-electron chi connectivity index (χ2n) is 4.79. The van der Waals surface area contributed by atoms with Crippen molar-refractivity contribution in [2.24, 2.45) is 5.73 Å². The highest BCUT2D eigenvalue weighted by molar-refractivity contribution is 6.30. The highest BCUT2D eigenvalue weighted by Gasteiger charge is 2.15. The Hall–Kier alpha value is -2.04. The molecule has 5 heteroatoms. The highest BCUT2D eigenvalue weighted by atomic mass is 35.5. The van der Waals surface area contributed by atoms with Crippen LogP contribution in [-0.4, -0.2) is 9.97 Å². The number of aromatic nitrogens is 2. The number of benzene rings is 2. The van der Waals surface area contributed by atoms with Gasteiger partial charge in [-0.3, -0.25) is 9.97 Å². The summed E-state index contributed by atoms with van der Waals surface area (Å²) >= 11 is 5.80. The quantitative estimate of drug-likeness (QED) is 0.803. The largest absolute Gasteiger partial charge is 0.324 e. The van der Waals surface area contributed by atoms with Crippen LogP contribution in [0.4, 0.5) is 4.39 Å². The van der Waals surface area contributed by atoms with Gasteiger partial charge in [0.2, 0.25) is 0 Å². The number of nitrogens with zero attached hydrogens (tertiary/aromatic N) is 2. The van der Waals surface area contributed by atoms with E-state index in [4.69, 9.17) is 17.3 Å². The summed E-state index contributed by atoms with van der Waals surface area (Å²) in [7, 11) is 0. The predicted molar refractivity (Wildman–Crippen MR) is 81.6 cm³/mol. The monoisotopic (exact) mass is 301 g/mol. The third-order valence-corrected chi connectivity index (χ3v) is 3.69. The lowest BCUT2D eigenvalue weighted by atomic mass is 9.98. The molecular weight excluding hydrogens is 289 g/mol. The minimum Gasteiger partial charge on any atom is -0.324 e. The normalized spacial score (nSPS) is 12.5. The van der Waals surface area contributed by atoms with Crippen molar-refractivity contribution in [3.05, 3.63) is 70.8 Å². The molecule has 0 amide bonds. The van der Waals surface area contributed by atoms with Crippen molar-refractivity contribution in [1.29, 1.82) is 0 Å². The molecule has 1 unspecified atom stereocenters. The summed E-state index contributed by atoms with van der Waals surface area (Å²) in [5.74, 6) is -0.416. The number of rotatable bonds is 3. The molecule has 2 N–H and O–H groups in total. The molecule has 21 heavy (non-hydrogen) atoms. The van der Waals surface area contributed by atoms with Crippen LogP contribution in [0.5, 0.6) is 0 Å². The molecule has 106 valence electrons. The fraction of sp³-hybridized carbons (Fsp3) is 0.125. The van der Waals surface area contributed by atoms with E-state index in [1.807, 2.05) is 18.2 Å². The van der Waals surface area contributed by atoms with Crippen molar-refractivity contribution >= 4 is 22.6 Å². The van der Waals surface area contributed by atoms with Crippen LogP contribution in [0, 0.1) is 5.82 Å². The molecule has 2 aromatic carbocycles. The topological polar surface area (TPSA) is 51.8 Å². The molecule has 1 aromatic heterocycles. The third-order valence-electron chi connectivity index (χ3n) is 3.40. The van der Waals surface area contributed by atoms with Crippen LogP contribution in [0.3, 0.4) is 0 Å². The van der Waals surface area contributed by atoms with Crippen molar-refractivity contribution < 1.29 is 4.39 Å². The average Bonchev–Trinajstić information content (AvgIpc) is 2.51. The van der Waals surface area contributed by atoms with Gasteiger partial charge in [-0.15, -0.1) is 0 Å². The van der Waals surface area contributed by atoms with E-state index in [2.05, 4.69) is 9.97 Å². The van der Waals surface area contributed by atoms with Crippen LogP contribution in [0.25, 0.3) is 11.0 Å². The number of halogens is 2. The van der Waals surface area contributed by atoms with E-state index in [1.165, 1.54) is 6.07 Å². The number of hydrogen-bond acceptors (Lipinski definition) is 3. The Morgan fingerprint density at radius 3 is 2.71 bits per heavy atom. The van der Waals surface area contributed by atoms with Crippen LogP contribution >= 0.6 is 11.6 Å². The van der Waals surface area contributed by atoms with Crippen LogP contribution in [0.1, 0.15) is 17.2 Å². The minimum atomic E-state index is -0.416. The Kier molecular flexibility index (Phi) is 3.82. The molecule has 3 rings (SSSR count). The molecule has 3 aromatic rings. The zero-order chi connectivity index (χ0) is 14.8. The first-order valence-electron chi connectivity index (χ1n) is 6.55. The second kappa shape index (κ2) is 5.76. The van der Waals surface area contributed by atoms with Gasteiger partial charge in [0.25, 0.3) is 0 Å². The van der Waals surface area contributed by atoms with Crippen LogP contribution in [0.2, 0.25) is 5.02 Å². The highest BCUT2D eigenvalue weighted by Crippen LogP contribution is 2.25. The standard InChI is InChI=1S/C16H13ClFN3/c17-12-5-1-3-10(15(12)18)9-13(19)11-4-2-6-14-16(11)21-8-7-20-14/h1-8,13H,9,19H2. The van der Waals surface area contributed by atoms with Gasteiger partial charge < -0.3 is 5.73 Å². The van der Waals surface area contributed by atoms with Crippen molar-refractivity contribution in [3.8, 4) is 0 Å². The smallest absolute Gasteiger partial charge is 0.145 e. The first-order chi connectivity index (χ1) is 10.2. The summed E-state index contributed by atoms with van der Waals surface area (Å²) in [6.07, 6.45) is 3.61. The summed E-state index contributed by atoms with van der Waals surface area (Å²) in [4.78, 5) is 8.57. The zero-order valence-electron chi connectivity index (χ0n) is 11.1. The van der Waals surface area contributed by atoms with Gasteiger partial charge in [-0.25, -0.2) is 4.39 Å². The Bertz CT molecular complexity index is 786. The first-order valence-corrected chi connectivity index (χ1v) is 6.92. The van der Waals surface area contributed by atoms with E-state index in [0.29, 0.717) is 12.0 Å². The fourth-order valence-corrected chi connectivity index (χ4v) is 2.56. The van der Waals surface area contributed by atoms with Gasteiger partial charge in [-0.1, -0.05) is 35.9 Å². The molecular formula is C16H13ClFN3. The molecule has 0 aliphatic heterocycles. The first kappa shape index (κ1) is 13.9. The van der Waals surface area contributed by atoms with Gasteiger partial charge in [-0.05, 0) is 29.7 Å². The van der Waals surface area contributed by atoms with Gasteiger partial charge >= 0.3 is 0 Å². The van der Waals surface area contributed by atoms with E-state index in [1.54, 1.807) is 24.5 Å². The van der Waals surface area contributed by atoms with Crippen LogP contribution in [-0.2, 0) is 6.42 Å². The maximum atomic E-state index is 14.0. The van der Waals surface area contributed by atoms with Gasteiger partial charge in [0.15, 0.2) is 0 Å². The van der Waals surface area contributed by atoms with E-state index < -0.39 is 5.82 Å². The maximum absolute atomic E-state index is 14.0.